The summed E-state index contributed by atoms with van der Waals surface area (Å²) in [6.45, 7) is 0.865. The summed E-state index contributed by atoms with van der Waals surface area (Å²) in [6.07, 6.45) is 6.49. The number of halogens is 2. The molecule has 40 heavy (non-hydrogen) atoms. The molecule has 0 radical (unpaired) electrons. The van der Waals surface area contributed by atoms with Crippen LogP contribution in [0.3, 0.4) is 0 Å². The minimum Gasteiger partial charge on any atom is -0.467 e. The number of piperidine rings is 1. The summed E-state index contributed by atoms with van der Waals surface area (Å²) < 4.78 is 5.08. The predicted octanol–water partition coefficient (Wildman–Crippen LogP) is 5.73. The summed E-state index contributed by atoms with van der Waals surface area (Å²) >= 11 is 14.2. The first-order valence-electron chi connectivity index (χ1n) is 13.0. The Morgan fingerprint density at radius 1 is 1.07 bits per heavy atom. The van der Waals surface area contributed by atoms with E-state index >= 15 is 0 Å². The van der Waals surface area contributed by atoms with Crippen molar-refractivity contribution in [2.45, 2.75) is 35.6 Å². The average molecular weight is 599 g/mol. The van der Waals surface area contributed by atoms with Gasteiger partial charge in [0.2, 0.25) is 11.8 Å². The number of nitrogens with zero attached hydrogens (tertiary/aromatic N) is 2. The lowest BCUT2D eigenvalue weighted by Crippen LogP contribution is -2.50. The molecule has 10 heteroatoms. The van der Waals surface area contributed by atoms with Gasteiger partial charge >= 0.3 is 5.97 Å². The fourth-order valence-electron chi connectivity index (χ4n) is 5.28. The second-order valence-corrected chi connectivity index (χ2v) is 11.7. The molecular weight excluding hydrogens is 569 g/mol. The van der Waals surface area contributed by atoms with Crippen LogP contribution in [0.1, 0.15) is 36.4 Å². The second kappa shape index (κ2) is 11.8. The van der Waals surface area contributed by atoms with E-state index in [1.807, 2.05) is 54.8 Å². The van der Waals surface area contributed by atoms with Gasteiger partial charge < -0.3 is 15.0 Å². The summed E-state index contributed by atoms with van der Waals surface area (Å²) in [7, 11) is 1.33. The van der Waals surface area contributed by atoms with Crippen molar-refractivity contribution in [1.29, 1.82) is 0 Å². The number of likely N-dealkylation sites (tertiary alicyclic amines) is 1. The van der Waals surface area contributed by atoms with Gasteiger partial charge in [0, 0.05) is 47.0 Å². The molecule has 2 fully saturated rings. The zero-order chi connectivity index (χ0) is 28.4. The maximum Gasteiger partial charge on any atom is 0.332 e. The molecule has 3 aromatic rings. The Bertz CT molecular complexity index is 1510. The van der Waals surface area contributed by atoms with Crippen molar-refractivity contribution in [3.8, 4) is 0 Å². The van der Waals surface area contributed by atoms with E-state index in [1.165, 1.54) is 24.9 Å². The van der Waals surface area contributed by atoms with Gasteiger partial charge in [-0.2, -0.15) is 0 Å². The van der Waals surface area contributed by atoms with Crippen LogP contribution < -0.4 is 5.32 Å². The molecule has 0 spiro atoms. The number of rotatable bonds is 7. The van der Waals surface area contributed by atoms with Crippen LogP contribution in [0, 0.1) is 5.92 Å². The Labute approximate surface area is 247 Å². The van der Waals surface area contributed by atoms with Crippen LogP contribution in [0.25, 0.3) is 17.0 Å². The first kappa shape index (κ1) is 28.5. The molecule has 1 saturated heterocycles. The van der Waals surface area contributed by atoms with Crippen molar-refractivity contribution in [3.63, 3.8) is 0 Å². The number of pyridine rings is 1. The minimum absolute atomic E-state index is 0.157. The van der Waals surface area contributed by atoms with Gasteiger partial charge in [0.15, 0.2) is 0 Å². The molecule has 2 heterocycles. The number of benzene rings is 2. The van der Waals surface area contributed by atoms with E-state index in [4.69, 9.17) is 32.9 Å². The van der Waals surface area contributed by atoms with Crippen molar-refractivity contribution in [1.82, 2.24) is 15.2 Å². The maximum atomic E-state index is 13.3. The molecule has 1 aliphatic carbocycles. The average Bonchev–Trinajstić information content (AvgIpc) is 3.72. The van der Waals surface area contributed by atoms with Crippen LogP contribution in [0.4, 0.5) is 0 Å². The van der Waals surface area contributed by atoms with E-state index in [-0.39, 0.29) is 23.7 Å². The summed E-state index contributed by atoms with van der Waals surface area (Å²) in [5.41, 5.74) is 1.13. The highest BCUT2D eigenvalue weighted by Gasteiger charge is 2.64. The zero-order valence-electron chi connectivity index (χ0n) is 22.2. The number of aromatic nitrogens is 1. The molecule has 1 N–H and O–H groups in total. The molecule has 2 aromatic carbocycles. The predicted molar refractivity (Wildman–Crippen MR) is 159 cm³/mol. The highest BCUT2D eigenvalue weighted by Crippen LogP contribution is 2.52. The molecular formula is C30H29Cl2N3O4S. The van der Waals surface area contributed by atoms with E-state index in [0.717, 1.165) is 21.5 Å². The molecule has 2 atom stereocenters. The van der Waals surface area contributed by atoms with Crippen molar-refractivity contribution in [2.75, 3.05) is 26.5 Å². The number of methoxy groups -OCH3 is 1. The molecule has 208 valence electrons. The summed E-state index contributed by atoms with van der Waals surface area (Å²) in [4.78, 5) is 46.2. The number of fused-ring (bicyclic) bond motifs is 1. The number of esters is 1. The van der Waals surface area contributed by atoms with Crippen LogP contribution in [-0.4, -0.2) is 59.7 Å². The van der Waals surface area contributed by atoms with E-state index in [0.29, 0.717) is 48.0 Å². The normalized spacial score (nSPS) is 21.0. The first-order valence-corrected chi connectivity index (χ1v) is 15.0. The summed E-state index contributed by atoms with van der Waals surface area (Å²) in [6, 6.07) is 15.4. The van der Waals surface area contributed by atoms with Gasteiger partial charge in [0.1, 0.15) is 5.54 Å². The number of nitrogens with one attached hydrogen (secondary N) is 1. The van der Waals surface area contributed by atoms with E-state index in [1.54, 1.807) is 11.0 Å². The van der Waals surface area contributed by atoms with E-state index < -0.39 is 11.5 Å². The van der Waals surface area contributed by atoms with Gasteiger partial charge in [-0.25, -0.2) is 4.79 Å². The van der Waals surface area contributed by atoms with Gasteiger partial charge in [-0.3, -0.25) is 14.6 Å². The van der Waals surface area contributed by atoms with Crippen LogP contribution >= 0.6 is 35.0 Å². The van der Waals surface area contributed by atoms with Gasteiger partial charge in [-0.05, 0) is 55.4 Å². The van der Waals surface area contributed by atoms with Crippen LogP contribution in [0.2, 0.25) is 10.0 Å². The Hall–Kier alpha value is -3.07. The Kier molecular flexibility index (Phi) is 8.40. The summed E-state index contributed by atoms with van der Waals surface area (Å²) in [5, 5.41) is 4.88. The molecule has 2 aliphatic rings. The summed E-state index contributed by atoms with van der Waals surface area (Å²) in [5.74, 6) is -1.40. The monoisotopic (exact) mass is 597 g/mol. The lowest BCUT2D eigenvalue weighted by Gasteiger charge is -2.31. The fraction of sp³-hybridized carbons (Fsp3) is 0.333. The number of hydrogen-bond acceptors (Lipinski definition) is 6. The third-order valence-electron chi connectivity index (χ3n) is 7.71. The number of para-hydroxylation sites is 1. The standard InChI is InChI=1S/C30H29Cl2N3O4S/c1-39-29(38)30(17-21(30)23-10-7-18-5-3-4-6-22(18)33-23)34-28(37)20-13-15-35(16-14-20)25(36)12-9-19-8-11-24(40-2)27(32)26(19)31/h3-12,20-21H,13-17H2,1-2H3,(H,34,37)/b12-9+. The molecule has 1 aromatic heterocycles. The number of ether oxygens (including phenoxy) is 1. The smallest absolute Gasteiger partial charge is 0.332 e. The van der Waals surface area contributed by atoms with E-state index in [2.05, 4.69) is 5.32 Å². The SMILES string of the molecule is COC(=O)C1(NC(=O)C2CCN(C(=O)/C=C/c3ccc(SC)c(Cl)c3Cl)CC2)CC1c1ccc2ccccc2n1. The van der Waals surface area contributed by atoms with E-state index in [9.17, 15) is 14.4 Å². The third kappa shape index (κ3) is 5.57. The van der Waals surface area contributed by atoms with Gasteiger partial charge in [-0.15, -0.1) is 11.8 Å². The number of thioether (sulfide) groups is 1. The van der Waals surface area contributed by atoms with Crippen LogP contribution in [0.15, 0.2) is 59.5 Å². The van der Waals surface area contributed by atoms with Gasteiger partial charge in [0.05, 0.1) is 22.7 Å². The molecule has 7 nitrogen and oxygen atoms in total. The fourth-order valence-corrected chi connectivity index (χ4v) is 6.45. The van der Waals surface area contributed by atoms with Crippen LogP contribution in [0.5, 0.6) is 0 Å². The quantitative estimate of drug-likeness (QED) is 0.212. The van der Waals surface area contributed by atoms with Crippen molar-refractivity contribution in [3.05, 3.63) is 75.9 Å². The topological polar surface area (TPSA) is 88.6 Å². The molecule has 1 saturated carbocycles. The highest BCUT2D eigenvalue weighted by molar-refractivity contribution is 7.98. The second-order valence-electron chi connectivity index (χ2n) is 10.1. The molecule has 0 bridgehead atoms. The number of amides is 2. The minimum atomic E-state index is -1.12. The van der Waals surface area contributed by atoms with Gasteiger partial charge in [-0.1, -0.05) is 53.5 Å². The maximum absolute atomic E-state index is 13.3. The third-order valence-corrected chi connectivity index (χ3v) is 9.50. The molecule has 2 amide bonds. The molecule has 2 unspecified atom stereocenters. The first-order chi connectivity index (χ1) is 19.3. The number of carbonyl (C=O) groups excluding carboxylic acids is 3. The Balaban J connectivity index is 1.20. The Morgan fingerprint density at radius 3 is 2.55 bits per heavy atom. The lowest BCUT2D eigenvalue weighted by atomic mass is 9.95. The zero-order valence-corrected chi connectivity index (χ0v) is 24.5. The molecule has 1 aliphatic heterocycles. The molecule has 5 rings (SSSR count). The number of hydrogen-bond donors (Lipinski definition) is 1. The van der Waals surface area contributed by atoms with Crippen molar-refractivity contribution < 1.29 is 19.1 Å². The van der Waals surface area contributed by atoms with Gasteiger partial charge in [0.25, 0.3) is 0 Å². The van der Waals surface area contributed by atoms with Crippen LogP contribution in [-0.2, 0) is 19.1 Å². The van der Waals surface area contributed by atoms with Crippen molar-refractivity contribution >= 4 is 69.7 Å². The number of carbonyl (C=O) groups is 3. The van der Waals surface area contributed by atoms with Crippen molar-refractivity contribution in [2.24, 2.45) is 5.92 Å². The largest absolute Gasteiger partial charge is 0.467 e. The lowest BCUT2D eigenvalue weighted by molar-refractivity contribution is -0.147. The Morgan fingerprint density at radius 2 is 1.82 bits per heavy atom. The highest BCUT2D eigenvalue weighted by atomic mass is 35.5.